The van der Waals surface area contributed by atoms with Gasteiger partial charge in [-0.1, -0.05) is 15.9 Å². The predicted octanol–water partition coefficient (Wildman–Crippen LogP) is 2.52. The first-order chi connectivity index (χ1) is 8.32. The van der Waals surface area contributed by atoms with E-state index in [1.807, 2.05) is 0 Å². The number of nitrogens with zero attached hydrogens (tertiary/aromatic N) is 1. The maximum absolute atomic E-state index is 11.7. The lowest BCUT2D eigenvalue weighted by Gasteiger charge is -2.06. The maximum atomic E-state index is 11.7. The second-order valence-electron chi connectivity index (χ2n) is 3.65. The zero-order chi connectivity index (χ0) is 13.9. The molecule has 0 saturated carbocycles. The van der Waals surface area contributed by atoms with E-state index in [2.05, 4.69) is 21.2 Å². The van der Waals surface area contributed by atoms with E-state index in [0.29, 0.717) is 0 Å². The van der Waals surface area contributed by atoms with Crippen molar-refractivity contribution in [2.24, 2.45) is 0 Å². The standard InChI is InChI=1S/C11H11BrN2O4/c1-6(12)11(16)8-3-4-9(13-7(2)15)10(5-8)14(17)18/h3-6H,1-2H3,(H,13,15). The summed E-state index contributed by atoms with van der Waals surface area (Å²) in [5, 5.41) is 13.2. The van der Waals surface area contributed by atoms with E-state index in [1.165, 1.54) is 19.1 Å². The Labute approximate surface area is 112 Å². The van der Waals surface area contributed by atoms with Crippen LogP contribution in [0.3, 0.4) is 0 Å². The van der Waals surface area contributed by atoms with Crippen LogP contribution >= 0.6 is 15.9 Å². The van der Waals surface area contributed by atoms with Crippen LogP contribution in [0.15, 0.2) is 18.2 Å². The van der Waals surface area contributed by atoms with Gasteiger partial charge < -0.3 is 5.32 Å². The van der Waals surface area contributed by atoms with E-state index >= 15 is 0 Å². The molecule has 0 aliphatic carbocycles. The average molecular weight is 315 g/mol. The van der Waals surface area contributed by atoms with Gasteiger partial charge in [-0.2, -0.15) is 0 Å². The van der Waals surface area contributed by atoms with Crippen molar-refractivity contribution in [2.75, 3.05) is 5.32 Å². The van der Waals surface area contributed by atoms with Crippen LogP contribution in [0.2, 0.25) is 0 Å². The van der Waals surface area contributed by atoms with Crippen molar-refractivity contribution in [3.8, 4) is 0 Å². The van der Waals surface area contributed by atoms with E-state index in [0.717, 1.165) is 6.07 Å². The normalized spacial score (nSPS) is 11.7. The molecule has 6 nitrogen and oxygen atoms in total. The monoisotopic (exact) mass is 314 g/mol. The second-order valence-corrected chi connectivity index (χ2v) is 5.02. The molecule has 0 bridgehead atoms. The fraction of sp³-hybridized carbons (Fsp3) is 0.273. The smallest absolute Gasteiger partial charge is 0.293 e. The van der Waals surface area contributed by atoms with E-state index in [-0.39, 0.29) is 22.7 Å². The number of nitro benzene ring substituents is 1. The zero-order valence-electron chi connectivity index (χ0n) is 9.77. The van der Waals surface area contributed by atoms with Gasteiger partial charge in [0.2, 0.25) is 5.91 Å². The number of nitro groups is 1. The molecule has 1 aromatic carbocycles. The highest BCUT2D eigenvalue weighted by molar-refractivity contribution is 9.10. The number of carbonyl (C=O) groups excluding carboxylic acids is 2. The van der Waals surface area contributed by atoms with Gasteiger partial charge in [-0.3, -0.25) is 19.7 Å². The molecule has 18 heavy (non-hydrogen) atoms. The summed E-state index contributed by atoms with van der Waals surface area (Å²) >= 11 is 3.11. The summed E-state index contributed by atoms with van der Waals surface area (Å²) < 4.78 is 0. The van der Waals surface area contributed by atoms with E-state index in [9.17, 15) is 19.7 Å². The lowest BCUT2D eigenvalue weighted by Crippen LogP contribution is -2.12. The van der Waals surface area contributed by atoms with Crippen LogP contribution in [0.5, 0.6) is 0 Å². The molecule has 1 atom stereocenters. The third kappa shape index (κ3) is 3.36. The summed E-state index contributed by atoms with van der Waals surface area (Å²) in [7, 11) is 0. The minimum atomic E-state index is -0.638. The Morgan fingerprint density at radius 2 is 2.06 bits per heavy atom. The number of rotatable bonds is 4. The fourth-order valence-electron chi connectivity index (χ4n) is 1.36. The molecule has 0 aliphatic heterocycles. The van der Waals surface area contributed by atoms with Gasteiger partial charge in [-0.05, 0) is 19.1 Å². The Morgan fingerprint density at radius 3 is 2.50 bits per heavy atom. The maximum Gasteiger partial charge on any atom is 0.293 e. The van der Waals surface area contributed by atoms with E-state index in [1.54, 1.807) is 6.92 Å². The van der Waals surface area contributed by atoms with Gasteiger partial charge >= 0.3 is 0 Å². The molecular formula is C11H11BrN2O4. The Balaban J connectivity index is 3.23. The molecular weight excluding hydrogens is 304 g/mol. The first kappa shape index (κ1) is 14.3. The quantitative estimate of drug-likeness (QED) is 0.400. The number of hydrogen-bond donors (Lipinski definition) is 1. The summed E-state index contributed by atoms with van der Waals surface area (Å²) in [4.78, 5) is 32.4. The number of alkyl halides is 1. The number of carbonyl (C=O) groups is 2. The van der Waals surface area contributed by atoms with Crippen molar-refractivity contribution in [1.82, 2.24) is 0 Å². The van der Waals surface area contributed by atoms with E-state index < -0.39 is 15.7 Å². The number of amides is 1. The molecule has 0 saturated heterocycles. The molecule has 1 N–H and O–H groups in total. The topological polar surface area (TPSA) is 89.3 Å². The summed E-state index contributed by atoms with van der Waals surface area (Å²) in [5.41, 5.74) is -0.00403. The summed E-state index contributed by atoms with van der Waals surface area (Å²) in [6, 6.07) is 3.95. The van der Waals surface area contributed by atoms with Crippen molar-refractivity contribution in [2.45, 2.75) is 18.7 Å². The summed E-state index contributed by atoms with van der Waals surface area (Å²) in [5.74, 6) is -0.668. The molecule has 0 heterocycles. The zero-order valence-corrected chi connectivity index (χ0v) is 11.4. The number of nitrogens with one attached hydrogen (secondary N) is 1. The molecule has 1 rings (SSSR count). The van der Waals surface area contributed by atoms with Crippen LogP contribution in [0.25, 0.3) is 0 Å². The summed E-state index contributed by atoms with van der Waals surface area (Å²) in [6.45, 7) is 2.89. The van der Waals surface area contributed by atoms with Crippen LogP contribution < -0.4 is 5.32 Å². The Hall–Kier alpha value is -1.76. The minimum Gasteiger partial charge on any atom is -0.321 e. The van der Waals surface area contributed by atoms with Gasteiger partial charge in [-0.25, -0.2) is 0 Å². The highest BCUT2D eigenvalue weighted by Crippen LogP contribution is 2.26. The highest BCUT2D eigenvalue weighted by atomic mass is 79.9. The van der Waals surface area contributed by atoms with Crippen LogP contribution in [-0.4, -0.2) is 21.4 Å². The average Bonchev–Trinajstić information content (AvgIpc) is 2.27. The number of Topliss-reactive ketones (excluding diaryl/α,β-unsaturated/α-hetero) is 1. The molecule has 0 radical (unpaired) electrons. The van der Waals surface area contributed by atoms with Gasteiger partial charge in [0, 0.05) is 18.6 Å². The number of hydrogen-bond acceptors (Lipinski definition) is 4. The number of anilines is 1. The van der Waals surface area contributed by atoms with Crippen molar-refractivity contribution in [3.63, 3.8) is 0 Å². The minimum absolute atomic E-state index is 0.0753. The van der Waals surface area contributed by atoms with Crippen molar-refractivity contribution in [1.29, 1.82) is 0 Å². The Kier molecular flexibility index (Phi) is 4.55. The number of benzene rings is 1. The van der Waals surface area contributed by atoms with Gasteiger partial charge in [0.15, 0.2) is 5.78 Å². The molecule has 0 spiro atoms. The van der Waals surface area contributed by atoms with Crippen LogP contribution in [0.1, 0.15) is 24.2 Å². The van der Waals surface area contributed by atoms with Gasteiger partial charge in [0.25, 0.3) is 5.69 Å². The lowest BCUT2D eigenvalue weighted by atomic mass is 10.1. The van der Waals surface area contributed by atoms with Crippen molar-refractivity contribution in [3.05, 3.63) is 33.9 Å². The first-order valence-corrected chi connectivity index (χ1v) is 5.98. The van der Waals surface area contributed by atoms with E-state index in [4.69, 9.17) is 0 Å². The number of halogens is 1. The van der Waals surface area contributed by atoms with Crippen LogP contribution in [-0.2, 0) is 4.79 Å². The molecule has 1 amide bonds. The fourth-order valence-corrected chi connectivity index (χ4v) is 1.63. The Morgan fingerprint density at radius 1 is 1.44 bits per heavy atom. The van der Waals surface area contributed by atoms with Gasteiger partial charge in [-0.15, -0.1) is 0 Å². The first-order valence-electron chi connectivity index (χ1n) is 5.07. The van der Waals surface area contributed by atoms with Crippen molar-refractivity contribution >= 4 is 39.0 Å². The molecule has 0 fully saturated rings. The van der Waals surface area contributed by atoms with Gasteiger partial charge in [0.05, 0.1) is 9.75 Å². The van der Waals surface area contributed by atoms with Gasteiger partial charge in [0.1, 0.15) is 5.69 Å². The molecule has 7 heteroatoms. The highest BCUT2D eigenvalue weighted by Gasteiger charge is 2.20. The Bertz CT molecular complexity index is 514. The third-order valence-electron chi connectivity index (χ3n) is 2.15. The molecule has 1 aromatic rings. The number of ketones is 1. The molecule has 96 valence electrons. The molecule has 0 aliphatic rings. The molecule has 0 aromatic heterocycles. The largest absolute Gasteiger partial charge is 0.321 e. The van der Waals surface area contributed by atoms with Crippen LogP contribution in [0.4, 0.5) is 11.4 Å². The lowest BCUT2D eigenvalue weighted by molar-refractivity contribution is -0.384. The van der Waals surface area contributed by atoms with Crippen LogP contribution in [0, 0.1) is 10.1 Å². The predicted molar refractivity (Wildman–Crippen MR) is 70.1 cm³/mol. The SMILES string of the molecule is CC(=O)Nc1ccc(C(=O)C(C)Br)cc1[N+](=O)[O-]. The molecule has 1 unspecified atom stereocenters. The summed E-state index contributed by atoms with van der Waals surface area (Å²) in [6.07, 6.45) is 0. The third-order valence-corrected chi connectivity index (χ3v) is 2.57. The second kappa shape index (κ2) is 5.72. The van der Waals surface area contributed by atoms with Crippen molar-refractivity contribution < 1.29 is 14.5 Å².